The number of nitrogens with zero attached hydrogens (tertiary/aromatic N) is 1. The van der Waals surface area contributed by atoms with Crippen molar-refractivity contribution in [1.82, 2.24) is 4.31 Å². The van der Waals surface area contributed by atoms with Crippen LogP contribution in [0.5, 0.6) is 0 Å². The molecule has 0 fully saturated rings. The van der Waals surface area contributed by atoms with Crippen LogP contribution >= 0.6 is 0 Å². The van der Waals surface area contributed by atoms with Crippen molar-refractivity contribution in [3.63, 3.8) is 0 Å². The molecule has 0 heterocycles. The van der Waals surface area contributed by atoms with Crippen LogP contribution < -0.4 is 5.73 Å². The second-order valence-electron chi connectivity index (χ2n) is 4.93. The number of nitrogens with two attached hydrogens (primary N) is 1. The summed E-state index contributed by atoms with van der Waals surface area (Å²) in [6, 6.07) is 3.19. The molecule has 0 saturated heterocycles. The van der Waals surface area contributed by atoms with Crippen LogP contribution in [-0.2, 0) is 10.0 Å². The van der Waals surface area contributed by atoms with Gasteiger partial charge in [-0.25, -0.2) is 12.8 Å². The highest BCUT2D eigenvalue weighted by atomic mass is 32.2. The number of anilines is 1. The van der Waals surface area contributed by atoms with E-state index in [-0.39, 0.29) is 23.7 Å². The van der Waals surface area contributed by atoms with E-state index in [2.05, 4.69) is 0 Å². The summed E-state index contributed by atoms with van der Waals surface area (Å²) in [5.41, 5.74) is 4.39. The van der Waals surface area contributed by atoms with Gasteiger partial charge >= 0.3 is 0 Å². The summed E-state index contributed by atoms with van der Waals surface area (Å²) in [7, 11) is -3.93. The predicted octanol–water partition coefficient (Wildman–Crippen LogP) is 1.19. The lowest BCUT2D eigenvalue weighted by Gasteiger charge is -2.27. The molecule has 7 heteroatoms. The van der Waals surface area contributed by atoms with Crippen LogP contribution in [0.25, 0.3) is 0 Å². The molecule has 3 N–H and O–H groups in total. The fraction of sp³-hybridized carbons (Fsp3) is 0.500. The number of halogens is 1. The van der Waals surface area contributed by atoms with Gasteiger partial charge in [0.2, 0.25) is 10.0 Å². The standard InChI is InChI=1S/C12H19FN2O3S/c1-4-15(8-12(2,3)16)19(17,18)11-7-9(13)5-6-10(11)14/h5-7,16H,4,8,14H2,1-3H3. The van der Waals surface area contributed by atoms with Crippen molar-refractivity contribution in [2.75, 3.05) is 18.8 Å². The largest absolute Gasteiger partial charge is 0.398 e. The first kappa shape index (κ1) is 15.9. The highest BCUT2D eigenvalue weighted by Crippen LogP contribution is 2.24. The van der Waals surface area contributed by atoms with Crippen molar-refractivity contribution in [2.45, 2.75) is 31.3 Å². The zero-order valence-corrected chi connectivity index (χ0v) is 12.0. The number of nitrogen functional groups attached to an aromatic ring is 1. The Morgan fingerprint density at radius 1 is 1.42 bits per heavy atom. The number of likely N-dealkylation sites (N-methyl/N-ethyl adjacent to an activating group) is 1. The number of rotatable bonds is 5. The van der Waals surface area contributed by atoms with Gasteiger partial charge < -0.3 is 10.8 Å². The third kappa shape index (κ3) is 3.89. The molecule has 0 aliphatic carbocycles. The van der Waals surface area contributed by atoms with Crippen LogP contribution in [0.15, 0.2) is 23.1 Å². The van der Waals surface area contributed by atoms with E-state index < -0.39 is 21.4 Å². The Bertz CT molecular complexity index is 553. The van der Waals surface area contributed by atoms with Gasteiger partial charge in [-0.2, -0.15) is 4.31 Å². The van der Waals surface area contributed by atoms with E-state index in [0.29, 0.717) is 0 Å². The van der Waals surface area contributed by atoms with Crippen LogP contribution in [0.1, 0.15) is 20.8 Å². The Morgan fingerprint density at radius 3 is 2.47 bits per heavy atom. The van der Waals surface area contributed by atoms with Gasteiger partial charge in [-0.1, -0.05) is 6.92 Å². The molecule has 0 saturated carbocycles. The van der Waals surface area contributed by atoms with Gasteiger partial charge in [0, 0.05) is 13.1 Å². The zero-order chi connectivity index (χ0) is 14.8. The average Bonchev–Trinajstić information content (AvgIpc) is 2.27. The van der Waals surface area contributed by atoms with Gasteiger partial charge in [-0.3, -0.25) is 0 Å². The summed E-state index contributed by atoms with van der Waals surface area (Å²) in [5.74, 6) is -0.674. The highest BCUT2D eigenvalue weighted by molar-refractivity contribution is 7.89. The second-order valence-corrected chi connectivity index (χ2v) is 6.83. The zero-order valence-electron chi connectivity index (χ0n) is 11.2. The second kappa shape index (κ2) is 5.44. The number of sulfonamides is 1. The summed E-state index contributed by atoms with van der Waals surface area (Å²) in [6.07, 6.45) is 0. The smallest absolute Gasteiger partial charge is 0.245 e. The predicted molar refractivity (Wildman–Crippen MR) is 71.5 cm³/mol. The maximum atomic E-state index is 13.2. The SMILES string of the molecule is CCN(CC(C)(C)O)S(=O)(=O)c1cc(F)ccc1N. The maximum absolute atomic E-state index is 13.2. The van der Waals surface area contributed by atoms with Crippen LogP contribution in [0.3, 0.4) is 0 Å². The van der Waals surface area contributed by atoms with E-state index in [1.54, 1.807) is 6.92 Å². The van der Waals surface area contributed by atoms with Gasteiger partial charge in [-0.05, 0) is 32.0 Å². The Balaban J connectivity index is 3.25. The minimum Gasteiger partial charge on any atom is -0.398 e. The monoisotopic (exact) mass is 290 g/mol. The van der Waals surface area contributed by atoms with Gasteiger partial charge in [0.05, 0.1) is 11.3 Å². The van der Waals surface area contributed by atoms with E-state index in [4.69, 9.17) is 5.73 Å². The van der Waals surface area contributed by atoms with E-state index in [1.165, 1.54) is 19.9 Å². The fourth-order valence-electron chi connectivity index (χ4n) is 1.67. The quantitative estimate of drug-likeness (QED) is 0.798. The van der Waals surface area contributed by atoms with E-state index in [1.807, 2.05) is 0 Å². The highest BCUT2D eigenvalue weighted by Gasteiger charge is 2.30. The van der Waals surface area contributed by atoms with Crippen LogP contribution in [0.2, 0.25) is 0 Å². The summed E-state index contributed by atoms with van der Waals surface area (Å²) in [4.78, 5) is -0.279. The van der Waals surface area contributed by atoms with Crippen LogP contribution in [-0.4, -0.2) is 36.5 Å². The molecule has 1 rings (SSSR count). The molecule has 0 aromatic heterocycles. The van der Waals surface area contributed by atoms with E-state index >= 15 is 0 Å². The molecule has 1 aromatic rings. The molecule has 0 aliphatic rings. The fourth-order valence-corrected chi connectivity index (χ4v) is 3.40. The molecule has 0 aliphatic heterocycles. The Labute approximate surface area is 112 Å². The molecule has 0 radical (unpaired) electrons. The van der Waals surface area contributed by atoms with Gasteiger partial charge in [0.1, 0.15) is 10.7 Å². The van der Waals surface area contributed by atoms with Crippen molar-refractivity contribution in [3.05, 3.63) is 24.0 Å². The van der Waals surface area contributed by atoms with Crippen molar-refractivity contribution < 1.29 is 17.9 Å². The number of hydrogen-bond donors (Lipinski definition) is 2. The molecule has 0 atom stereocenters. The number of hydrogen-bond acceptors (Lipinski definition) is 4. The van der Waals surface area contributed by atoms with E-state index in [9.17, 15) is 17.9 Å². The Kier molecular flexibility index (Phi) is 4.54. The minimum absolute atomic E-state index is 0.0180. The van der Waals surface area contributed by atoms with E-state index in [0.717, 1.165) is 16.4 Å². The maximum Gasteiger partial charge on any atom is 0.245 e. The van der Waals surface area contributed by atoms with Gasteiger partial charge in [0.25, 0.3) is 0 Å². The molecule has 19 heavy (non-hydrogen) atoms. The summed E-state index contributed by atoms with van der Waals surface area (Å²) in [5, 5.41) is 9.74. The molecule has 0 bridgehead atoms. The normalized spacial score (nSPS) is 12.9. The van der Waals surface area contributed by atoms with Crippen LogP contribution in [0.4, 0.5) is 10.1 Å². The molecule has 0 unspecified atom stereocenters. The first-order valence-electron chi connectivity index (χ1n) is 5.85. The molecule has 0 amide bonds. The lowest BCUT2D eigenvalue weighted by Crippen LogP contribution is -2.42. The Hall–Kier alpha value is -1.18. The van der Waals surface area contributed by atoms with Crippen molar-refractivity contribution in [1.29, 1.82) is 0 Å². The van der Waals surface area contributed by atoms with Gasteiger partial charge in [0.15, 0.2) is 0 Å². The molecule has 1 aromatic carbocycles. The number of benzene rings is 1. The number of aliphatic hydroxyl groups is 1. The lowest BCUT2D eigenvalue weighted by atomic mass is 10.1. The molecular weight excluding hydrogens is 271 g/mol. The minimum atomic E-state index is -3.93. The molecule has 0 spiro atoms. The van der Waals surface area contributed by atoms with Crippen molar-refractivity contribution in [2.24, 2.45) is 0 Å². The van der Waals surface area contributed by atoms with Crippen LogP contribution in [0, 0.1) is 5.82 Å². The van der Waals surface area contributed by atoms with Crippen molar-refractivity contribution in [3.8, 4) is 0 Å². The average molecular weight is 290 g/mol. The lowest BCUT2D eigenvalue weighted by molar-refractivity contribution is 0.0601. The first-order valence-corrected chi connectivity index (χ1v) is 7.29. The van der Waals surface area contributed by atoms with Gasteiger partial charge in [-0.15, -0.1) is 0 Å². The summed E-state index contributed by atoms with van der Waals surface area (Å²) >= 11 is 0. The first-order chi connectivity index (χ1) is 8.58. The van der Waals surface area contributed by atoms with Crippen molar-refractivity contribution >= 4 is 15.7 Å². The topological polar surface area (TPSA) is 83.6 Å². The molecule has 5 nitrogen and oxygen atoms in total. The molecule has 108 valence electrons. The summed E-state index contributed by atoms with van der Waals surface area (Å²) < 4.78 is 39.0. The molecular formula is C12H19FN2O3S. The Morgan fingerprint density at radius 2 is 2.00 bits per heavy atom. The third-order valence-electron chi connectivity index (χ3n) is 2.51. The summed E-state index contributed by atoms with van der Waals surface area (Å²) in [6.45, 7) is 4.70. The third-order valence-corrected chi connectivity index (χ3v) is 4.49.